The van der Waals surface area contributed by atoms with E-state index in [1.807, 2.05) is 0 Å². The third-order valence-electron chi connectivity index (χ3n) is 6.51. The van der Waals surface area contributed by atoms with Gasteiger partial charge in [0.1, 0.15) is 5.82 Å². The van der Waals surface area contributed by atoms with Gasteiger partial charge >= 0.3 is 12.1 Å². The van der Waals surface area contributed by atoms with Crippen LogP contribution in [-0.2, 0) is 24.3 Å². The van der Waals surface area contributed by atoms with E-state index >= 15 is 0 Å². The summed E-state index contributed by atoms with van der Waals surface area (Å²) >= 11 is 0. The Morgan fingerprint density at radius 1 is 0.971 bits per heavy atom. The summed E-state index contributed by atoms with van der Waals surface area (Å²) in [6.45, 7) is 0.0351. The van der Waals surface area contributed by atoms with Gasteiger partial charge in [-0.25, -0.2) is 4.39 Å². The molecule has 188 valence electrons. The summed E-state index contributed by atoms with van der Waals surface area (Å²) in [6.07, 6.45) is -4.59. The van der Waals surface area contributed by atoms with Crippen LogP contribution in [0, 0.1) is 11.7 Å². The Bertz CT molecular complexity index is 1200. The van der Waals surface area contributed by atoms with Crippen molar-refractivity contribution in [2.75, 3.05) is 19.6 Å². The fraction of sp³-hybridized carbons (Fsp3) is 0.435. The van der Waals surface area contributed by atoms with Crippen molar-refractivity contribution in [1.82, 2.24) is 14.4 Å². The number of likely N-dealkylation sites (tertiary alicyclic amines) is 1. The normalized spacial score (nSPS) is 17.0. The zero-order valence-corrected chi connectivity index (χ0v) is 18.5. The highest BCUT2D eigenvalue weighted by Crippen LogP contribution is 2.35. The number of amides is 2. The number of carbonyl (C=O) groups is 2. The Hall–Kier alpha value is -3.57. The van der Waals surface area contributed by atoms with Gasteiger partial charge in [-0.15, -0.1) is 0 Å². The second-order valence-corrected chi connectivity index (χ2v) is 8.77. The zero-order chi connectivity index (χ0) is 25.5. The monoisotopic (exact) mass is 497 g/mol. The third-order valence-corrected chi connectivity index (χ3v) is 6.51. The summed E-state index contributed by atoms with van der Waals surface area (Å²) in [7, 11) is 0. The van der Waals surface area contributed by atoms with Crippen LogP contribution in [0.4, 0.5) is 17.6 Å². The molecule has 0 saturated carbocycles. The number of nitrogens with zero attached hydrogens (tertiary/aromatic N) is 3. The van der Waals surface area contributed by atoms with E-state index in [4.69, 9.17) is 0 Å². The van der Waals surface area contributed by atoms with Gasteiger partial charge in [0.2, 0.25) is 0 Å². The number of carbonyl (C=O) groups excluding carboxylic acids is 2. The van der Waals surface area contributed by atoms with E-state index in [9.17, 15) is 42.2 Å². The molecule has 0 bridgehead atoms. The van der Waals surface area contributed by atoms with Gasteiger partial charge in [-0.05, 0) is 42.9 Å². The van der Waals surface area contributed by atoms with Crippen LogP contribution in [-0.4, -0.2) is 62.2 Å². The smallest absolute Gasteiger partial charge is 0.471 e. The Morgan fingerprint density at radius 3 is 2.20 bits per heavy atom. The number of alkyl halides is 3. The lowest BCUT2D eigenvalue weighted by molar-refractivity contribution is -0.186. The lowest BCUT2D eigenvalue weighted by atomic mass is 9.89. The Morgan fingerprint density at radius 2 is 1.60 bits per heavy atom. The maximum atomic E-state index is 13.1. The summed E-state index contributed by atoms with van der Waals surface area (Å²) in [6, 6.07) is 5.53. The minimum atomic E-state index is -4.95. The van der Waals surface area contributed by atoms with Crippen molar-refractivity contribution in [2.45, 2.75) is 38.5 Å². The van der Waals surface area contributed by atoms with E-state index in [0.717, 1.165) is 4.57 Å². The van der Waals surface area contributed by atoms with E-state index in [1.165, 1.54) is 29.2 Å². The topological polar surface area (TPSA) is 103 Å². The fourth-order valence-electron chi connectivity index (χ4n) is 4.60. The van der Waals surface area contributed by atoms with Crippen molar-refractivity contribution in [2.24, 2.45) is 5.92 Å². The average Bonchev–Trinajstić information content (AvgIpc) is 2.82. The SMILES string of the molecule is O=C1c2c(O)c(O)c(CC3CCN(C(=O)C(F)(F)F)CC3)c(=O)n2CCN1Cc1ccc(F)cc1. The molecule has 2 N–H and O–H groups in total. The van der Waals surface area contributed by atoms with Crippen molar-refractivity contribution >= 4 is 11.8 Å². The van der Waals surface area contributed by atoms with Crippen molar-refractivity contribution in [3.63, 3.8) is 0 Å². The number of pyridine rings is 1. The van der Waals surface area contributed by atoms with Gasteiger partial charge in [0.05, 0.1) is 5.56 Å². The maximum absolute atomic E-state index is 13.1. The van der Waals surface area contributed by atoms with Gasteiger partial charge in [0.25, 0.3) is 11.5 Å². The van der Waals surface area contributed by atoms with Crippen molar-refractivity contribution in [1.29, 1.82) is 0 Å². The number of benzene rings is 1. The number of hydrogen-bond donors (Lipinski definition) is 2. The predicted octanol–water partition coefficient (Wildman–Crippen LogP) is 2.40. The van der Waals surface area contributed by atoms with Crippen molar-refractivity contribution < 1.29 is 37.4 Å². The van der Waals surface area contributed by atoms with E-state index in [2.05, 4.69) is 0 Å². The lowest BCUT2D eigenvalue weighted by Crippen LogP contribution is -2.46. The molecule has 12 heteroatoms. The molecule has 0 unspecified atom stereocenters. The zero-order valence-electron chi connectivity index (χ0n) is 18.5. The first kappa shape index (κ1) is 24.6. The molecular weight excluding hydrogens is 474 g/mol. The molecule has 8 nitrogen and oxygen atoms in total. The number of rotatable bonds is 4. The number of fused-ring (bicyclic) bond motifs is 1. The molecule has 0 aliphatic carbocycles. The van der Waals surface area contributed by atoms with E-state index in [0.29, 0.717) is 10.5 Å². The van der Waals surface area contributed by atoms with E-state index < -0.39 is 40.9 Å². The van der Waals surface area contributed by atoms with Crippen LogP contribution < -0.4 is 5.56 Å². The Kier molecular flexibility index (Phi) is 6.48. The van der Waals surface area contributed by atoms with Crippen LogP contribution in [0.1, 0.15) is 34.5 Å². The number of piperidine rings is 1. The Balaban J connectivity index is 1.51. The van der Waals surface area contributed by atoms with Crippen LogP contribution in [0.3, 0.4) is 0 Å². The Labute approximate surface area is 197 Å². The second-order valence-electron chi connectivity index (χ2n) is 8.77. The molecule has 2 amide bonds. The minimum absolute atomic E-state index is 0.0138. The van der Waals surface area contributed by atoms with Crippen LogP contribution in [0.15, 0.2) is 29.1 Å². The molecule has 2 aliphatic rings. The molecule has 2 aliphatic heterocycles. The van der Waals surface area contributed by atoms with Crippen LogP contribution in [0.2, 0.25) is 0 Å². The molecule has 0 atom stereocenters. The van der Waals surface area contributed by atoms with Crippen LogP contribution >= 0.6 is 0 Å². The van der Waals surface area contributed by atoms with E-state index in [1.54, 1.807) is 0 Å². The molecule has 1 saturated heterocycles. The standard InChI is InChI=1S/C23H23F4N3O5/c24-15-3-1-14(2-4-15)12-29-9-10-30-17(21(29)34)19(32)18(31)16(20(30)33)11-13-5-7-28(8-6-13)22(35)23(25,26)27/h1-4,13,31-32H,5-12H2. The number of aromatic hydroxyl groups is 2. The summed E-state index contributed by atoms with van der Waals surface area (Å²) in [5.41, 5.74) is -0.480. The molecule has 1 aromatic carbocycles. The van der Waals surface area contributed by atoms with Crippen LogP contribution in [0.5, 0.6) is 11.5 Å². The van der Waals surface area contributed by atoms with Gasteiger partial charge in [-0.2, -0.15) is 13.2 Å². The first-order valence-electron chi connectivity index (χ1n) is 11.0. The highest BCUT2D eigenvalue weighted by atomic mass is 19.4. The molecule has 2 aromatic rings. The van der Waals surface area contributed by atoms with Crippen molar-refractivity contribution in [3.8, 4) is 11.5 Å². The predicted molar refractivity (Wildman–Crippen MR) is 114 cm³/mol. The number of halogens is 4. The summed E-state index contributed by atoms with van der Waals surface area (Å²) in [4.78, 5) is 39.6. The largest absolute Gasteiger partial charge is 0.504 e. The molecular formula is C23H23F4N3O5. The van der Waals surface area contributed by atoms with E-state index in [-0.39, 0.29) is 69.2 Å². The number of aromatic nitrogens is 1. The first-order valence-corrected chi connectivity index (χ1v) is 11.0. The highest BCUT2D eigenvalue weighted by Gasteiger charge is 2.43. The fourth-order valence-corrected chi connectivity index (χ4v) is 4.60. The third kappa shape index (κ3) is 4.82. The van der Waals surface area contributed by atoms with Gasteiger partial charge in [-0.1, -0.05) is 12.1 Å². The van der Waals surface area contributed by atoms with Gasteiger partial charge < -0.3 is 20.0 Å². The highest BCUT2D eigenvalue weighted by molar-refractivity contribution is 5.96. The summed E-state index contributed by atoms with van der Waals surface area (Å²) in [5.74, 6) is -4.77. The molecule has 1 aromatic heterocycles. The van der Waals surface area contributed by atoms with Gasteiger partial charge in [0, 0.05) is 32.7 Å². The summed E-state index contributed by atoms with van der Waals surface area (Å²) < 4.78 is 52.2. The molecule has 0 radical (unpaired) electrons. The molecule has 3 heterocycles. The number of hydrogen-bond acceptors (Lipinski definition) is 5. The van der Waals surface area contributed by atoms with Gasteiger partial charge in [-0.3, -0.25) is 19.0 Å². The quantitative estimate of drug-likeness (QED) is 0.632. The van der Waals surface area contributed by atoms with Crippen molar-refractivity contribution in [3.05, 3.63) is 57.3 Å². The van der Waals surface area contributed by atoms with Crippen LogP contribution in [0.25, 0.3) is 0 Å². The molecule has 35 heavy (non-hydrogen) atoms. The maximum Gasteiger partial charge on any atom is 0.471 e. The second kappa shape index (κ2) is 9.23. The van der Waals surface area contributed by atoms with Gasteiger partial charge in [0.15, 0.2) is 17.2 Å². The first-order chi connectivity index (χ1) is 16.5. The average molecular weight is 497 g/mol. The molecule has 0 spiro atoms. The molecule has 4 rings (SSSR count). The molecule has 1 fully saturated rings. The lowest BCUT2D eigenvalue weighted by Gasteiger charge is -2.33. The minimum Gasteiger partial charge on any atom is -0.504 e. The summed E-state index contributed by atoms with van der Waals surface area (Å²) in [5, 5.41) is 21.1.